The average Bonchev–Trinajstić information content (AvgIpc) is 2.68. The molecule has 1 unspecified atom stereocenters. The van der Waals surface area contributed by atoms with E-state index in [0.29, 0.717) is 15.6 Å². The second-order valence-electron chi connectivity index (χ2n) is 4.54. The second-order valence-corrected chi connectivity index (χ2v) is 5.33. The second kappa shape index (κ2) is 4.84. The molecule has 0 bridgehead atoms. The van der Waals surface area contributed by atoms with Gasteiger partial charge in [0.1, 0.15) is 0 Å². The van der Waals surface area contributed by atoms with Gasteiger partial charge in [-0.05, 0) is 32.0 Å². The first-order valence-corrected chi connectivity index (χ1v) is 6.25. The summed E-state index contributed by atoms with van der Waals surface area (Å²) >= 11 is 11.9. The number of hydrogen-bond donors (Lipinski definition) is 2. The van der Waals surface area contributed by atoms with Gasteiger partial charge in [0.2, 0.25) is 0 Å². The first kappa shape index (κ1) is 12.7. The number of rotatable bonds is 2. The van der Waals surface area contributed by atoms with Crippen LogP contribution in [0, 0.1) is 0 Å². The van der Waals surface area contributed by atoms with Gasteiger partial charge in [0, 0.05) is 6.54 Å². The van der Waals surface area contributed by atoms with Crippen LogP contribution in [0.5, 0.6) is 0 Å². The number of halogens is 2. The summed E-state index contributed by atoms with van der Waals surface area (Å²) in [6.07, 6.45) is 0.914. The Bertz CT molecular complexity index is 442. The van der Waals surface area contributed by atoms with Crippen LogP contribution in [0.2, 0.25) is 10.0 Å². The van der Waals surface area contributed by atoms with E-state index in [1.165, 1.54) is 0 Å². The van der Waals surface area contributed by atoms with Crippen molar-refractivity contribution in [3.8, 4) is 0 Å². The van der Waals surface area contributed by atoms with Crippen molar-refractivity contribution in [1.82, 2.24) is 10.6 Å². The molecular weight excluding hydrogens is 259 g/mol. The quantitative estimate of drug-likeness (QED) is 0.869. The van der Waals surface area contributed by atoms with Crippen molar-refractivity contribution in [2.24, 2.45) is 0 Å². The zero-order valence-electron chi connectivity index (χ0n) is 9.52. The van der Waals surface area contributed by atoms with Gasteiger partial charge in [-0.2, -0.15) is 0 Å². The summed E-state index contributed by atoms with van der Waals surface area (Å²) in [5.74, 6) is -0.177. The minimum absolute atomic E-state index is 0.177. The molecule has 3 nitrogen and oxygen atoms in total. The van der Waals surface area contributed by atoms with E-state index in [-0.39, 0.29) is 11.4 Å². The highest BCUT2D eigenvalue weighted by molar-refractivity contribution is 6.43. The Kier molecular flexibility index (Phi) is 3.61. The molecule has 0 spiro atoms. The summed E-state index contributed by atoms with van der Waals surface area (Å²) in [5.41, 5.74) is 0.218. The molecular formula is C12H14Cl2N2O. The number of hydrogen-bond acceptors (Lipinski definition) is 2. The van der Waals surface area contributed by atoms with Gasteiger partial charge in [0.25, 0.3) is 5.91 Å². The molecule has 0 aromatic heterocycles. The molecule has 0 aliphatic carbocycles. The molecule has 1 fully saturated rings. The molecule has 1 aromatic carbocycles. The molecule has 1 amide bonds. The highest BCUT2D eigenvalue weighted by atomic mass is 35.5. The fraction of sp³-hybridized carbons (Fsp3) is 0.417. The Morgan fingerprint density at radius 3 is 2.88 bits per heavy atom. The van der Waals surface area contributed by atoms with Gasteiger partial charge < -0.3 is 10.6 Å². The molecule has 0 saturated carbocycles. The van der Waals surface area contributed by atoms with Gasteiger partial charge in [-0.15, -0.1) is 0 Å². The van der Waals surface area contributed by atoms with Gasteiger partial charge in [0.05, 0.1) is 21.1 Å². The molecule has 1 atom stereocenters. The largest absolute Gasteiger partial charge is 0.346 e. The van der Waals surface area contributed by atoms with E-state index in [1.807, 2.05) is 6.92 Å². The third-order valence-corrected chi connectivity index (χ3v) is 3.80. The monoisotopic (exact) mass is 272 g/mol. The van der Waals surface area contributed by atoms with Crippen LogP contribution in [0.4, 0.5) is 0 Å². The van der Waals surface area contributed by atoms with Crippen molar-refractivity contribution in [1.29, 1.82) is 0 Å². The number of carbonyl (C=O) groups excluding carboxylic acids is 1. The van der Waals surface area contributed by atoms with Crippen molar-refractivity contribution in [2.75, 3.05) is 13.1 Å². The normalized spacial score (nSPS) is 23.7. The molecule has 1 saturated heterocycles. The van der Waals surface area contributed by atoms with Gasteiger partial charge in [-0.3, -0.25) is 4.79 Å². The summed E-state index contributed by atoms with van der Waals surface area (Å²) in [6.45, 7) is 3.71. The fourth-order valence-corrected chi connectivity index (χ4v) is 2.33. The molecule has 0 radical (unpaired) electrons. The van der Waals surface area contributed by atoms with E-state index in [4.69, 9.17) is 23.2 Å². The van der Waals surface area contributed by atoms with E-state index in [9.17, 15) is 4.79 Å². The molecule has 17 heavy (non-hydrogen) atoms. The van der Waals surface area contributed by atoms with Crippen molar-refractivity contribution >= 4 is 29.1 Å². The average molecular weight is 273 g/mol. The van der Waals surface area contributed by atoms with Crippen LogP contribution in [0.3, 0.4) is 0 Å². The van der Waals surface area contributed by atoms with Crippen LogP contribution in [0.1, 0.15) is 23.7 Å². The lowest BCUT2D eigenvalue weighted by molar-refractivity contribution is 0.0913. The Morgan fingerprint density at radius 1 is 1.47 bits per heavy atom. The van der Waals surface area contributed by atoms with E-state index in [0.717, 1.165) is 19.5 Å². The predicted octanol–water partition coefficient (Wildman–Crippen LogP) is 2.48. The summed E-state index contributed by atoms with van der Waals surface area (Å²) in [6, 6.07) is 5.06. The van der Waals surface area contributed by atoms with Crippen LogP contribution in [0.25, 0.3) is 0 Å². The van der Waals surface area contributed by atoms with Gasteiger partial charge >= 0.3 is 0 Å². The SMILES string of the molecule is CC1(NC(=O)c2cccc(Cl)c2Cl)CCNC1. The Labute approximate surface area is 110 Å². The zero-order valence-corrected chi connectivity index (χ0v) is 11.0. The van der Waals surface area contributed by atoms with Gasteiger partial charge in [-0.1, -0.05) is 29.3 Å². The van der Waals surface area contributed by atoms with Crippen LogP contribution in [-0.4, -0.2) is 24.5 Å². The predicted molar refractivity (Wildman–Crippen MR) is 69.8 cm³/mol. The molecule has 1 aromatic rings. The minimum atomic E-state index is -0.206. The van der Waals surface area contributed by atoms with Crippen LogP contribution in [-0.2, 0) is 0 Å². The standard InChI is InChI=1S/C12H14Cl2N2O/c1-12(5-6-15-7-12)16-11(17)8-3-2-4-9(13)10(8)14/h2-4,15H,5-7H2,1H3,(H,16,17). The number of carbonyl (C=O) groups is 1. The summed E-state index contributed by atoms with van der Waals surface area (Å²) in [4.78, 5) is 12.1. The number of nitrogens with one attached hydrogen (secondary N) is 2. The minimum Gasteiger partial charge on any atom is -0.346 e. The van der Waals surface area contributed by atoms with Crippen molar-refractivity contribution in [3.63, 3.8) is 0 Å². The third kappa shape index (κ3) is 2.73. The lowest BCUT2D eigenvalue weighted by atomic mass is 10.0. The van der Waals surface area contributed by atoms with Crippen LogP contribution < -0.4 is 10.6 Å². The summed E-state index contributed by atoms with van der Waals surface area (Å²) < 4.78 is 0. The van der Waals surface area contributed by atoms with E-state index >= 15 is 0 Å². The summed E-state index contributed by atoms with van der Waals surface area (Å²) in [5, 5.41) is 6.92. The van der Waals surface area contributed by atoms with Crippen molar-refractivity contribution in [2.45, 2.75) is 18.9 Å². The van der Waals surface area contributed by atoms with Crippen LogP contribution in [0.15, 0.2) is 18.2 Å². The first-order chi connectivity index (χ1) is 8.02. The Morgan fingerprint density at radius 2 is 2.24 bits per heavy atom. The zero-order chi connectivity index (χ0) is 12.5. The molecule has 5 heteroatoms. The van der Waals surface area contributed by atoms with Crippen molar-refractivity contribution in [3.05, 3.63) is 33.8 Å². The Balaban J connectivity index is 2.17. The molecule has 1 heterocycles. The number of amides is 1. The van der Waals surface area contributed by atoms with Gasteiger partial charge in [-0.25, -0.2) is 0 Å². The topological polar surface area (TPSA) is 41.1 Å². The fourth-order valence-electron chi connectivity index (χ4n) is 1.94. The third-order valence-electron chi connectivity index (χ3n) is 2.98. The van der Waals surface area contributed by atoms with E-state index < -0.39 is 0 Å². The van der Waals surface area contributed by atoms with Crippen molar-refractivity contribution < 1.29 is 4.79 Å². The highest BCUT2D eigenvalue weighted by Gasteiger charge is 2.30. The Hall–Kier alpha value is -0.770. The first-order valence-electron chi connectivity index (χ1n) is 5.49. The lowest BCUT2D eigenvalue weighted by Crippen LogP contribution is -2.47. The van der Waals surface area contributed by atoms with E-state index in [1.54, 1.807) is 18.2 Å². The maximum atomic E-state index is 12.1. The van der Waals surface area contributed by atoms with Gasteiger partial charge in [0.15, 0.2) is 0 Å². The molecule has 92 valence electrons. The maximum Gasteiger partial charge on any atom is 0.253 e. The van der Waals surface area contributed by atoms with E-state index in [2.05, 4.69) is 10.6 Å². The number of benzene rings is 1. The molecule has 1 aliphatic rings. The molecule has 2 N–H and O–H groups in total. The highest BCUT2D eigenvalue weighted by Crippen LogP contribution is 2.26. The maximum absolute atomic E-state index is 12.1. The molecule has 1 aliphatic heterocycles. The molecule has 2 rings (SSSR count). The smallest absolute Gasteiger partial charge is 0.253 e. The van der Waals surface area contributed by atoms with Crippen LogP contribution >= 0.6 is 23.2 Å². The summed E-state index contributed by atoms with van der Waals surface area (Å²) in [7, 11) is 0. The lowest BCUT2D eigenvalue weighted by Gasteiger charge is -2.24.